The molecule has 0 aliphatic carbocycles. The van der Waals surface area contributed by atoms with Crippen molar-refractivity contribution < 1.29 is 0 Å². The fourth-order valence-electron chi connectivity index (χ4n) is 1.07. The van der Waals surface area contributed by atoms with Crippen molar-refractivity contribution in [3.05, 3.63) is 0 Å². The number of anilines is 6. The Bertz CT molecular complexity index is 611. The van der Waals surface area contributed by atoms with Crippen molar-refractivity contribution >= 4 is 142 Å². The van der Waals surface area contributed by atoms with E-state index < -0.39 is 0 Å². The zero-order valence-electron chi connectivity index (χ0n) is 11.9. The normalized spacial score (nSPS) is 9.67. The molecule has 0 radical (unpaired) electrons. The molecule has 0 unspecified atom stereocenters. The Kier molecular flexibility index (Phi) is 11.0. The summed E-state index contributed by atoms with van der Waals surface area (Å²) in [5, 5.41) is 0. The van der Waals surface area contributed by atoms with Crippen molar-refractivity contribution in [1.82, 2.24) is 29.9 Å². The minimum Gasteiger partial charge on any atom is -0.266 e. The van der Waals surface area contributed by atoms with Crippen molar-refractivity contribution in [1.29, 1.82) is 0 Å². The minimum atomic E-state index is -0.143. The zero-order valence-corrected chi connectivity index (χ0v) is 18.7. The molecule has 3 N–H and O–H groups in total. The van der Waals surface area contributed by atoms with Crippen LogP contribution in [0.5, 0.6) is 0 Å². The van der Waals surface area contributed by atoms with Crippen LogP contribution in [-0.4, -0.2) is 29.9 Å². The lowest BCUT2D eigenvalue weighted by Gasteiger charge is -2.10. The van der Waals surface area contributed by atoms with Gasteiger partial charge in [-0.2, -0.15) is 41.7 Å². The fraction of sp³-hybridized carbons (Fsp3) is 0. The van der Waals surface area contributed by atoms with Crippen molar-refractivity contribution in [3.8, 4) is 0 Å². The SMILES string of the molecule is ClN(Cl)c1nc(N(Cl)Cl)nc(N(Cl)Cl)n1.ClNc1nc(NCl)nc(NCl)n1. The summed E-state index contributed by atoms with van der Waals surface area (Å²) in [4.78, 5) is 28.7. The minimum absolute atomic E-state index is 0.137. The molecule has 2 heterocycles. The number of nitrogens with zero attached hydrogens (tertiary/aromatic N) is 9. The molecule has 0 spiro atoms. The molecule has 0 amide bonds. The molecule has 0 aromatic carbocycles. The third-order valence-electron chi connectivity index (χ3n) is 1.94. The molecule has 27 heavy (non-hydrogen) atoms. The Morgan fingerprint density at radius 1 is 0.444 bits per heavy atom. The summed E-state index contributed by atoms with van der Waals surface area (Å²) in [5.41, 5.74) is 0. The Labute approximate surface area is 196 Å². The van der Waals surface area contributed by atoms with Gasteiger partial charge in [-0.05, 0) is 0 Å². The summed E-state index contributed by atoms with van der Waals surface area (Å²) in [7, 11) is 0. The van der Waals surface area contributed by atoms with E-state index in [0.717, 1.165) is 0 Å². The van der Waals surface area contributed by atoms with Gasteiger partial charge in [-0.3, -0.25) is 14.5 Å². The van der Waals surface area contributed by atoms with Crippen molar-refractivity contribution in [2.75, 3.05) is 26.3 Å². The van der Waals surface area contributed by atoms with Crippen LogP contribution in [0, 0.1) is 0 Å². The third-order valence-corrected chi connectivity index (χ3v) is 3.36. The summed E-state index contributed by atoms with van der Waals surface area (Å²) in [6, 6.07) is 0. The van der Waals surface area contributed by atoms with E-state index >= 15 is 0 Å². The van der Waals surface area contributed by atoms with Crippen molar-refractivity contribution in [2.45, 2.75) is 0 Å². The highest BCUT2D eigenvalue weighted by molar-refractivity contribution is 6.50. The van der Waals surface area contributed by atoms with Crippen LogP contribution >= 0.6 is 106 Å². The van der Waals surface area contributed by atoms with Gasteiger partial charge < -0.3 is 0 Å². The quantitative estimate of drug-likeness (QED) is 0.420. The maximum atomic E-state index is 5.39. The van der Waals surface area contributed by atoms with E-state index in [1.807, 2.05) is 0 Å². The molecule has 0 bridgehead atoms. The molecule has 21 heteroatoms. The summed E-state index contributed by atoms with van der Waals surface area (Å²) < 4.78 is 1.72. The van der Waals surface area contributed by atoms with Crippen LogP contribution in [0.15, 0.2) is 0 Å². The van der Waals surface area contributed by atoms with E-state index in [9.17, 15) is 0 Å². The van der Waals surface area contributed by atoms with Gasteiger partial charge >= 0.3 is 0 Å². The molecule has 0 saturated heterocycles. The highest BCUT2D eigenvalue weighted by atomic mass is 35.6. The average Bonchev–Trinajstić information content (AvgIpc) is 2.67. The maximum absolute atomic E-state index is 5.39. The average molecular weight is 562 g/mol. The Balaban J connectivity index is 0.000000277. The monoisotopic (exact) mass is 558 g/mol. The summed E-state index contributed by atoms with van der Waals surface area (Å²) in [6.45, 7) is 0. The first-order valence-electron chi connectivity index (χ1n) is 5.69. The highest BCUT2D eigenvalue weighted by Gasteiger charge is 2.16. The molecule has 12 nitrogen and oxygen atoms in total. The van der Waals surface area contributed by atoms with Gasteiger partial charge in [-0.25, -0.2) is 0 Å². The smallest absolute Gasteiger partial charge is 0.262 e. The molecule has 0 atom stereocenters. The molecule has 0 fully saturated rings. The van der Waals surface area contributed by atoms with Crippen LogP contribution in [0.25, 0.3) is 0 Å². The van der Waals surface area contributed by atoms with Crippen LogP contribution < -0.4 is 26.3 Å². The van der Waals surface area contributed by atoms with Gasteiger partial charge in [0, 0.05) is 106 Å². The van der Waals surface area contributed by atoms with Gasteiger partial charge in [0.05, 0.1) is 0 Å². The second-order valence-corrected chi connectivity index (χ2v) is 6.64. The molecule has 0 saturated carbocycles. The summed E-state index contributed by atoms with van der Waals surface area (Å²) >= 11 is 48.1. The number of hydrogen-bond acceptors (Lipinski definition) is 12. The largest absolute Gasteiger partial charge is 0.266 e. The van der Waals surface area contributed by atoms with Crippen LogP contribution in [0.3, 0.4) is 0 Å². The zero-order chi connectivity index (χ0) is 20.6. The summed E-state index contributed by atoms with van der Waals surface area (Å²) in [6.07, 6.45) is 0. The summed E-state index contributed by atoms with van der Waals surface area (Å²) in [5.74, 6) is -0.0169. The van der Waals surface area contributed by atoms with Crippen LogP contribution in [0.2, 0.25) is 0 Å². The van der Waals surface area contributed by atoms with Crippen LogP contribution in [0.1, 0.15) is 0 Å². The third kappa shape index (κ3) is 8.13. The van der Waals surface area contributed by atoms with Gasteiger partial charge in [-0.1, -0.05) is 0 Å². The van der Waals surface area contributed by atoms with E-state index in [1.54, 1.807) is 0 Å². The molecule has 0 aliphatic heterocycles. The Hall–Kier alpha value is -0.570. The van der Waals surface area contributed by atoms with Gasteiger partial charge in [0.1, 0.15) is 0 Å². The lowest BCUT2D eigenvalue weighted by atomic mass is 10.8. The van der Waals surface area contributed by atoms with Gasteiger partial charge in [0.15, 0.2) is 0 Å². The lowest BCUT2D eigenvalue weighted by Crippen LogP contribution is -2.10. The van der Waals surface area contributed by atoms with Gasteiger partial charge in [-0.15, -0.1) is 0 Å². The molecule has 2 aromatic heterocycles. The van der Waals surface area contributed by atoms with Crippen molar-refractivity contribution in [3.63, 3.8) is 0 Å². The predicted octanol–water partition coefficient (Wildman–Crippen LogP) is 4.78. The second kappa shape index (κ2) is 12.1. The molecular weight excluding hydrogens is 559 g/mol. The van der Waals surface area contributed by atoms with Crippen molar-refractivity contribution in [2.24, 2.45) is 0 Å². The maximum Gasteiger partial charge on any atom is 0.262 e. The van der Waals surface area contributed by atoms with E-state index in [0.29, 0.717) is 11.8 Å². The predicted molar refractivity (Wildman–Crippen MR) is 111 cm³/mol. The number of hydrogen-bond donors (Lipinski definition) is 3. The molecular formula is C6H3Cl9N12. The van der Waals surface area contributed by atoms with Gasteiger partial charge in [0.25, 0.3) is 17.8 Å². The lowest BCUT2D eigenvalue weighted by molar-refractivity contribution is 1.04. The van der Waals surface area contributed by atoms with Crippen LogP contribution in [0.4, 0.5) is 35.7 Å². The standard InChI is InChI=1S/C3Cl6N6.C3H3Cl3N6/c4-13(5)1-10-2(14(6)7)12-3(11-1)15(8)9;4-10-1-7-2(11-5)9-3(8-1)12-6/h;(H3,7,8,9,10,11,12). The van der Waals surface area contributed by atoms with E-state index in [-0.39, 0.29) is 35.7 Å². The number of rotatable bonds is 6. The first-order chi connectivity index (χ1) is 12.7. The fourth-order valence-corrected chi connectivity index (χ4v) is 1.78. The highest BCUT2D eigenvalue weighted by Crippen LogP contribution is 2.24. The number of nitrogens with one attached hydrogen (secondary N) is 3. The first-order valence-corrected chi connectivity index (χ1v) is 8.85. The number of aromatic nitrogens is 6. The van der Waals surface area contributed by atoms with Crippen LogP contribution in [-0.2, 0) is 0 Å². The molecule has 150 valence electrons. The second-order valence-electron chi connectivity index (χ2n) is 3.52. The Morgan fingerprint density at radius 2 is 0.667 bits per heavy atom. The topological polar surface area (TPSA) is 123 Å². The first kappa shape index (κ1) is 24.5. The molecule has 2 aromatic rings. The van der Waals surface area contributed by atoms with Gasteiger partial charge in [0.2, 0.25) is 17.8 Å². The number of halogens is 9. The van der Waals surface area contributed by atoms with E-state index in [4.69, 9.17) is 106 Å². The Morgan fingerprint density at radius 3 is 0.815 bits per heavy atom. The molecule has 2 rings (SSSR count). The van der Waals surface area contributed by atoms with E-state index in [2.05, 4.69) is 44.4 Å². The molecule has 0 aliphatic rings. The van der Waals surface area contributed by atoms with E-state index in [1.165, 1.54) is 0 Å².